The SMILES string of the molecule is CC(=O)c1ccc(-n2cccn2)c(N)c1. The predicted octanol–water partition coefficient (Wildman–Crippen LogP) is 1.66. The number of hydrogen-bond donors (Lipinski definition) is 1. The standard InChI is InChI=1S/C11H11N3O/c1-8(15)9-3-4-11(10(12)7-9)14-6-2-5-13-14/h2-7H,12H2,1H3. The third kappa shape index (κ3) is 1.74. The van der Waals surface area contributed by atoms with Crippen molar-refractivity contribution in [2.45, 2.75) is 6.92 Å². The first-order valence-corrected chi connectivity index (χ1v) is 4.59. The summed E-state index contributed by atoms with van der Waals surface area (Å²) in [6, 6.07) is 7.02. The van der Waals surface area contributed by atoms with E-state index in [4.69, 9.17) is 5.73 Å². The summed E-state index contributed by atoms with van der Waals surface area (Å²) in [6.45, 7) is 1.52. The largest absolute Gasteiger partial charge is 0.397 e. The summed E-state index contributed by atoms with van der Waals surface area (Å²) >= 11 is 0. The van der Waals surface area contributed by atoms with E-state index in [2.05, 4.69) is 5.10 Å². The number of nitrogens with zero attached hydrogens (tertiary/aromatic N) is 2. The van der Waals surface area contributed by atoms with Gasteiger partial charge in [-0.3, -0.25) is 4.79 Å². The van der Waals surface area contributed by atoms with E-state index < -0.39 is 0 Å². The number of nitrogen functional groups attached to an aromatic ring is 1. The molecule has 2 aromatic rings. The van der Waals surface area contributed by atoms with Crippen molar-refractivity contribution >= 4 is 11.5 Å². The molecule has 1 aromatic heterocycles. The van der Waals surface area contributed by atoms with Gasteiger partial charge < -0.3 is 5.73 Å². The molecule has 0 amide bonds. The molecule has 4 nitrogen and oxygen atoms in total. The third-order valence-electron chi connectivity index (χ3n) is 2.19. The fourth-order valence-corrected chi connectivity index (χ4v) is 1.39. The van der Waals surface area contributed by atoms with E-state index in [1.807, 2.05) is 6.07 Å². The summed E-state index contributed by atoms with van der Waals surface area (Å²) in [5.74, 6) is 0.00807. The lowest BCUT2D eigenvalue weighted by Crippen LogP contribution is -2.02. The highest BCUT2D eigenvalue weighted by Crippen LogP contribution is 2.18. The van der Waals surface area contributed by atoms with Crippen molar-refractivity contribution in [1.82, 2.24) is 9.78 Å². The Kier molecular flexibility index (Phi) is 2.25. The van der Waals surface area contributed by atoms with Gasteiger partial charge in [0.2, 0.25) is 0 Å². The molecule has 0 spiro atoms. The minimum Gasteiger partial charge on any atom is -0.397 e. The van der Waals surface area contributed by atoms with Crippen LogP contribution in [0.4, 0.5) is 5.69 Å². The van der Waals surface area contributed by atoms with Gasteiger partial charge in [0.05, 0.1) is 11.4 Å². The molecule has 0 saturated carbocycles. The van der Waals surface area contributed by atoms with Crippen molar-refractivity contribution in [2.24, 2.45) is 0 Å². The molecular weight excluding hydrogens is 190 g/mol. The van der Waals surface area contributed by atoms with Gasteiger partial charge in [-0.05, 0) is 31.2 Å². The summed E-state index contributed by atoms with van der Waals surface area (Å²) in [6.07, 6.45) is 3.48. The molecule has 0 aliphatic rings. The predicted molar refractivity (Wildman–Crippen MR) is 58.0 cm³/mol. The number of nitrogens with two attached hydrogens (primary N) is 1. The van der Waals surface area contributed by atoms with Crippen molar-refractivity contribution in [3.05, 3.63) is 42.2 Å². The maximum atomic E-state index is 11.1. The Hall–Kier alpha value is -2.10. The Morgan fingerprint density at radius 1 is 1.47 bits per heavy atom. The second-order valence-corrected chi connectivity index (χ2v) is 3.28. The molecule has 1 aromatic carbocycles. The van der Waals surface area contributed by atoms with Crippen LogP contribution in [0.15, 0.2) is 36.7 Å². The van der Waals surface area contributed by atoms with Gasteiger partial charge in [0.15, 0.2) is 5.78 Å². The normalized spacial score (nSPS) is 10.2. The van der Waals surface area contributed by atoms with E-state index in [9.17, 15) is 4.79 Å². The van der Waals surface area contributed by atoms with Crippen LogP contribution >= 0.6 is 0 Å². The number of Topliss-reactive ketones (excluding diaryl/α,β-unsaturated/α-hetero) is 1. The zero-order valence-corrected chi connectivity index (χ0v) is 8.34. The lowest BCUT2D eigenvalue weighted by atomic mass is 10.1. The number of anilines is 1. The molecule has 4 heteroatoms. The zero-order chi connectivity index (χ0) is 10.8. The topological polar surface area (TPSA) is 60.9 Å². The number of carbonyl (C=O) groups excluding carboxylic acids is 1. The Morgan fingerprint density at radius 2 is 2.27 bits per heavy atom. The van der Waals surface area contributed by atoms with E-state index in [-0.39, 0.29) is 5.78 Å². The van der Waals surface area contributed by atoms with Crippen molar-refractivity contribution in [2.75, 3.05) is 5.73 Å². The van der Waals surface area contributed by atoms with Gasteiger partial charge in [-0.1, -0.05) is 0 Å². The number of carbonyl (C=O) groups is 1. The van der Waals surface area contributed by atoms with Crippen LogP contribution in [-0.2, 0) is 0 Å². The van der Waals surface area contributed by atoms with Crippen LogP contribution in [0.5, 0.6) is 0 Å². The zero-order valence-electron chi connectivity index (χ0n) is 8.34. The monoisotopic (exact) mass is 201 g/mol. The van der Waals surface area contributed by atoms with Gasteiger partial charge in [-0.25, -0.2) is 4.68 Å². The van der Waals surface area contributed by atoms with E-state index in [0.717, 1.165) is 5.69 Å². The number of rotatable bonds is 2. The van der Waals surface area contributed by atoms with Crippen LogP contribution in [0.1, 0.15) is 17.3 Å². The van der Waals surface area contributed by atoms with E-state index in [1.165, 1.54) is 6.92 Å². The third-order valence-corrected chi connectivity index (χ3v) is 2.19. The highest BCUT2D eigenvalue weighted by molar-refractivity contribution is 5.95. The number of aromatic nitrogens is 2. The van der Waals surface area contributed by atoms with Crippen LogP contribution < -0.4 is 5.73 Å². The Labute approximate surface area is 87.3 Å². The van der Waals surface area contributed by atoms with Gasteiger partial charge in [0.25, 0.3) is 0 Å². The molecule has 0 fully saturated rings. The molecule has 2 rings (SSSR count). The van der Waals surface area contributed by atoms with Crippen molar-refractivity contribution < 1.29 is 4.79 Å². The van der Waals surface area contributed by atoms with E-state index in [0.29, 0.717) is 11.3 Å². The van der Waals surface area contributed by atoms with Crippen LogP contribution in [0.3, 0.4) is 0 Å². The second-order valence-electron chi connectivity index (χ2n) is 3.28. The minimum atomic E-state index is 0.00807. The highest BCUT2D eigenvalue weighted by atomic mass is 16.1. The fourth-order valence-electron chi connectivity index (χ4n) is 1.39. The number of ketones is 1. The number of hydrogen-bond acceptors (Lipinski definition) is 3. The minimum absolute atomic E-state index is 0.00807. The molecule has 0 atom stereocenters. The van der Waals surface area contributed by atoms with Crippen LogP contribution in [-0.4, -0.2) is 15.6 Å². The summed E-state index contributed by atoms with van der Waals surface area (Å²) in [7, 11) is 0. The molecule has 0 aliphatic carbocycles. The number of benzene rings is 1. The van der Waals surface area contributed by atoms with Gasteiger partial charge in [0.1, 0.15) is 0 Å². The molecule has 15 heavy (non-hydrogen) atoms. The van der Waals surface area contributed by atoms with Crippen molar-refractivity contribution in [1.29, 1.82) is 0 Å². The first-order valence-electron chi connectivity index (χ1n) is 4.59. The molecule has 0 aliphatic heterocycles. The maximum Gasteiger partial charge on any atom is 0.159 e. The van der Waals surface area contributed by atoms with Crippen molar-refractivity contribution in [3.8, 4) is 5.69 Å². The quantitative estimate of drug-likeness (QED) is 0.593. The molecule has 0 radical (unpaired) electrons. The van der Waals surface area contributed by atoms with Crippen molar-refractivity contribution in [3.63, 3.8) is 0 Å². The van der Waals surface area contributed by atoms with Gasteiger partial charge in [0, 0.05) is 18.0 Å². The second kappa shape index (κ2) is 3.57. The Bertz CT molecular complexity index is 489. The Morgan fingerprint density at radius 3 is 2.80 bits per heavy atom. The molecule has 2 N–H and O–H groups in total. The van der Waals surface area contributed by atoms with Crippen LogP contribution in [0.25, 0.3) is 5.69 Å². The van der Waals surface area contributed by atoms with Gasteiger partial charge in [-0.15, -0.1) is 0 Å². The summed E-state index contributed by atoms with van der Waals surface area (Å²) < 4.78 is 1.67. The van der Waals surface area contributed by atoms with Gasteiger partial charge >= 0.3 is 0 Å². The van der Waals surface area contributed by atoms with Crippen LogP contribution in [0.2, 0.25) is 0 Å². The van der Waals surface area contributed by atoms with E-state index in [1.54, 1.807) is 35.3 Å². The molecule has 0 unspecified atom stereocenters. The summed E-state index contributed by atoms with van der Waals surface area (Å²) in [4.78, 5) is 11.1. The first-order chi connectivity index (χ1) is 7.18. The fraction of sp³-hybridized carbons (Fsp3) is 0.0909. The molecule has 1 heterocycles. The first kappa shape index (κ1) is 9.45. The molecule has 0 bridgehead atoms. The Balaban J connectivity index is 2.48. The maximum absolute atomic E-state index is 11.1. The molecule has 0 saturated heterocycles. The van der Waals surface area contributed by atoms with Crippen LogP contribution in [0, 0.1) is 0 Å². The molecule has 76 valence electrons. The lowest BCUT2D eigenvalue weighted by Gasteiger charge is -2.06. The lowest BCUT2D eigenvalue weighted by molar-refractivity contribution is 0.101. The smallest absolute Gasteiger partial charge is 0.159 e. The molecular formula is C11H11N3O. The highest BCUT2D eigenvalue weighted by Gasteiger charge is 2.05. The summed E-state index contributed by atoms with van der Waals surface area (Å²) in [5.41, 5.74) is 7.78. The average Bonchev–Trinajstić information content (AvgIpc) is 2.70. The average molecular weight is 201 g/mol. The van der Waals surface area contributed by atoms with Gasteiger partial charge in [-0.2, -0.15) is 5.10 Å². The summed E-state index contributed by atoms with van der Waals surface area (Å²) in [5, 5.41) is 4.07. The van der Waals surface area contributed by atoms with E-state index >= 15 is 0 Å².